The average molecular weight is 380 g/mol. The number of para-hydroxylation sites is 1. The maximum Gasteiger partial charge on any atom is 0.338 e. The second kappa shape index (κ2) is 7.89. The minimum absolute atomic E-state index is 0.00343. The van der Waals surface area contributed by atoms with Crippen molar-refractivity contribution in [1.29, 1.82) is 0 Å². The molecule has 0 aromatic heterocycles. The third-order valence-electron chi connectivity index (χ3n) is 3.55. The zero-order chi connectivity index (χ0) is 18.6. The first-order valence-corrected chi connectivity index (χ1v) is 8.45. The molecule has 6 heteroatoms. The number of carbonyl (C=O) groups excluding carboxylic acids is 2. The van der Waals surface area contributed by atoms with Crippen molar-refractivity contribution < 1.29 is 14.3 Å². The second-order valence-electron chi connectivity index (χ2n) is 6.55. The molecule has 0 fully saturated rings. The Morgan fingerprint density at radius 3 is 2.08 bits per heavy atom. The van der Waals surface area contributed by atoms with Gasteiger partial charge in [-0.25, -0.2) is 4.79 Å². The molecular formula is C19H19Cl2NO3. The number of halogens is 2. The first kappa shape index (κ1) is 19.3. The van der Waals surface area contributed by atoms with Crippen molar-refractivity contribution in [2.75, 3.05) is 11.9 Å². The lowest BCUT2D eigenvalue weighted by Gasteiger charge is -2.18. The van der Waals surface area contributed by atoms with Crippen molar-refractivity contribution in [3.05, 3.63) is 63.6 Å². The fourth-order valence-corrected chi connectivity index (χ4v) is 2.61. The van der Waals surface area contributed by atoms with E-state index in [4.69, 9.17) is 27.9 Å². The van der Waals surface area contributed by atoms with E-state index in [0.29, 0.717) is 21.3 Å². The predicted molar refractivity (Wildman–Crippen MR) is 101 cm³/mol. The Morgan fingerprint density at radius 2 is 1.56 bits per heavy atom. The van der Waals surface area contributed by atoms with Crippen LogP contribution in [0.3, 0.4) is 0 Å². The van der Waals surface area contributed by atoms with Gasteiger partial charge in [0.15, 0.2) is 6.61 Å². The molecule has 0 spiro atoms. The lowest BCUT2D eigenvalue weighted by molar-refractivity contribution is -0.119. The third kappa shape index (κ3) is 5.21. The summed E-state index contributed by atoms with van der Waals surface area (Å²) < 4.78 is 5.03. The number of amides is 1. The summed E-state index contributed by atoms with van der Waals surface area (Å²) in [4.78, 5) is 24.0. The van der Waals surface area contributed by atoms with Crippen molar-refractivity contribution in [2.24, 2.45) is 0 Å². The van der Waals surface area contributed by atoms with E-state index in [-0.39, 0.29) is 5.41 Å². The number of hydrogen-bond acceptors (Lipinski definition) is 3. The Hall–Kier alpha value is -2.04. The molecule has 25 heavy (non-hydrogen) atoms. The zero-order valence-corrected chi connectivity index (χ0v) is 15.7. The van der Waals surface area contributed by atoms with Crippen LogP contribution in [0.5, 0.6) is 0 Å². The Morgan fingerprint density at radius 1 is 1.00 bits per heavy atom. The SMILES string of the molecule is CC(C)(C)c1ccc(C(=O)OCC(=O)Nc2c(Cl)cccc2Cl)cc1. The fourth-order valence-electron chi connectivity index (χ4n) is 2.11. The largest absolute Gasteiger partial charge is 0.452 e. The molecule has 0 aliphatic rings. The molecule has 0 bridgehead atoms. The second-order valence-corrected chi connectivity index (χ2v) is 7.36. The minimum Gasteiger partial charge on any atom is -0.452 e. The van der Waals surface area contributed by atoms with Crippen molar-refractivity contribution >= 4 is 40.8 Å². The van der Waals surface area contributed by atoms with Crippen LogP contribution in [0, 0.1) is 0 Å². The molecule has 0 heterocycles. The van der Waals surface area contributed by atoms with E-state index in [1.165, 1.54) is 0 Å². The van der Waals surface area contributed by atoms with E-state index in [1.807, 2.05) is 12.1 Å². The summed E-state index contributed by atoms with van der Waals surface area (Å²) in [6.07, 6.45) is 0. The smallest absolute Gasteiger partial charge is 0.338 e. The van der Waals surface area contributed by atoms with Gasteiger partial charge in [-0.2, -0.15) is 0 Å². The highest BCUT2D eigenvalue weighted by Gasteiger charge is 2.16. The molecule has 2 rings (SSSR count). The van der Waals surface area contributed by atoms with Crippen LogP contribution in [-0.2, 0) is 14.9 Å². The standard InChI is InChI=1S/C19H19Cl2NO3/c1-19(2,3)13-9-7-12(8-10-13)18(24)25-11-16(23)22-17-14(20)5-4-6-15(17)21/h4-10H,11H2,1-3H3,(H,22,23). The number of rotatable bonds is 4. The molecular weight excluding hydrogens is 361 g/mol. The summed E-state index contributed by atoms with van der Waals surface area (Å²) >= 11 is 12.0. The van der Waals surface area contributed by atoms with Crippen LogP contribution >= 0.6 is 23.2 Å². The van der Waals surface area contributed by atoms with Gasteiger partial charge in [0.2, 0.25) is 0 Å². The first-order chi connectivity index (χ1) is 11.7. The number of ether oxygens (including phenoxy) is 1. The Balaban J connectivity index is 1.94. The number of benzene rings is 2. The molecule has 0 aliphatic carbocycles. The van der Waals surface area contributed by atoms with E-state index in [1.54, 1.807) is 30.3 Å². The van der Waals surface area contributed by atoms with Crippen LogP contribution in [0.2, 0.25) is 10.0 Å². The van der Waals surface area contributed by atoms with E-state index in [9.17, 15) is 9.59 Å². The van der Waals surface area contributed by atoms with Gasteiger partial charge in [-0.05, 0) is 35.2 Å². The van der Waals surface area contributed by atoms with Crippen molar-refractivity contribution in [3.8, 4) is 0 Å². The monoisotopic (exact) mass is 379 g/mol. The molecule has 0 saturated carbocycles. The molecule has 132 valence electrons. The highest BCUT2D eigenvalue weighted by molar-refractivity contribution is 6.39. The number of hydrogen-bond donors (Lipinski definition) is 1. The third-order valence-corrected chi connectivity index (χ3v) is 4.18. The van der Waals surface area contributed by atoms with Crippen LogP contribution in [0.1, 0.15) is 36.7 Å². The van der Waals surface area contributed by atoms with E-state index in [2.05, 4.69) is 26.1 Å². The molecule has 1 amide bonds. The first-order valence-electron chi connectivity index (χ1n) is 7.70. The maximum atomic E-state index is 12.0. The normalized spacial score (nSPS) is 11.1. The molecule has 0 aliphatic heterocycles. The van der Waals surface area contributed by atoms with Gasteiger partial charge < -0.3 is 10.1 Å². The Labute approximate surface area is 157 Å². The van der Waals surface area contributed by atoms with Crippen molar-refractivity contribution in [1.82, 2.24) is 0 Å². The van der Waals surface area contributed by atoms with E-state index < -0.39 is 18.5 Å². The van der Waals surface area contributed by atoms with Gasteiger partial charge in [0, 0.05) is 0 Å². The maximum absolute atomic E-state index is 12.0. The molecule has 0 unspecified atom stereocenters. The Kier molecular flexibility index (Phi) is 6.09. The molecule has 2 aromatic rings. The van der Waals surface area contributed by atoms with E-state index >= 15 is 0 Å². The summed E-state index contributed by atoms with van der Waals surface area (Å²) in [5, 5.41) is 3.15. The van der Waals surface area contributed by atoms with Gasteiger partial charge in [0.1, 0.15) is 0 Å². The molecule has 2 aromatic carbocycles. The van der Waals surface area contributed by atoms with Crippen LogP contribution < -0.4 is 5.32 Å². The summed E-state index contributed by atoms with van der Waals surface area (Å²) in [5.41, 5.74) is 1.78. The van der Waals surface area contributed by atoms with Crippen LogP contribution in [0.4, 0.5) is 5.69 Å². The number of esters is 1. The summed E-state index contributed by atoms with van der Waals surface area (Å²) in [7, 11) is 0. The van der Waals surface area contributed by atoms with Gasteiger partial charge in [0.25, 0.3) is 5.91 Å². The van der Waals surface area contributed by atoms with Gasteiger partial charge in [-0.3, -0.25) is 4.79 Å². The molecule has 0 radical (unpaired) electrons. The van der Waals surface area contributed by atoms with Crippen LogP contribution in [0.15, 0.2) is 42.5 Å². The highest BCUT2D eigenvalue weighted by atomic mass is 35.5. The van der Waals surface area contributed by atoms with Crippen LogP contribution in [0.25, 0.3) is 0 Å². The summed E-state index contributed by atoms with van der Waals surface area (Å²) in [6, 6.07) is 12.0. The summed E-state index contributed by atoms with van der Waals surface area (Å²) in [6.45, 7) is 5.83. The van der Waals surface area contributed by atoms with Gasteiger partial charge >= 0.3 is 5.97 Å². The van der Waals surface area contributed by atoms with Gasteiger partial charge in [-0.15, -0.1) is 0 Å². The zero-order valence-electron chi connectivity index (χ0n) is 14.2. The highest BCUT2D eigenvalue weighted by Crippen LogP contribution is 2.29. The molecule has 0 atom stereocenters. The molecule has 1 N–H and O–H groups in total. The summed E-state index contributed by atoms with van der Waals surface area (Å²) in [5.74, 6) is -1.09. The average Bonchev–Trinajstić information content (AvgIpc) is 2.55. The van der Waals surface area contributed by atoms with Gasteiger partial charge in [0.05, 0.1) is 21.3 Å². The molecule has 0 saturated heterocycles. The van der Waals surface area contributed by atoms with Crippen molar-refractivity contribution in [2.45, 2.75) is 26.2 Å². The fraction of sp³-hybridized carbons (Fsp3) is 0.263. The number of carbonyl (C=O) groups is 2. The van der Waals surface area contributed by atoms with E-state index in [0.717, 1.165) is 5.56 Å². The van der Waals surface area contributed by atoms with Crippen molar-refractivity contribution in [3.63, 3.8) is 0 Å². The minimum atomic E-state index is -0.569. The topological polar surface area (TPSA) is 55.4 Å². The number of nitrogens with one attached hydrogen (secondary N) is 1. The quantitative estimate of drug-likeness (QED) is 0.752. The van der Waals surface area contributed by atoms with Crippen LogP contribution in [-0.4, -0.2) is 18.5 Å². The Bertz CT molecular complexity index is 760. The lowest BCUT2D eigenvalue weighted by Crippen LogP contribution is -2.21. The number of anilines is 1. The lowest BCUT2D eigenvalue weighted by atomic mass is 9.87. The predicted octanol–water partition coefficient (Wildman–Crippen LogP) is 5.09. The van der Waals surface area contributed by atoms with Gasteiger partial charge in [-0.1, -0.05) is 62.2 Å². The molecule has 4 nitrogen and oxygen atoms in total.